The van der Waals surface area contributed by atoms with Gasteiger partial charge in [-0.2, -0.15) is 0 Å². The molecule has 0 N–H and O–H groups in total. The van der Waals surface area contributed by atoms with Gasteiger partial charge in [-0.25, -0.2) is 4.79 Å². The minimum atomic E-state index is -0.671. The van der Waals surface area contributed by atoms with E-state index in [1.807, 2.05) is 33.8 Å². The summed E-state index contributed by atoms with van der Waals surface area (Å²) in [5, 5.41) is 0. The van der Waals surface area contributed by atoms with E-state index in [0.717, 1.165) is 22.3 Å². The van der Waals surface area contributed by atoms with Gasteiger partial charge in [0.05, 0.1) is 5.52 Å². The highest BCUT2D eigenvalue weighted by atomic mass is 16.5. The Morgan fingerprint density at radius 2 is 1.74 bits per heavy atom. The molecule has 6 nitrogen and oxygen atoms in total. The second kappa shape index (κ2) is 7.23. The van der Waals surface area contributed by atoms with Crippen LogP contribution in [-0.4, -0.2) is 22.9 Å². The van der Waals surface area contributed by atoms with Crippen LogP contribution >= 0.6 is 0 Å². The zero-order chi connectivity index (χ0) is 19.7. The van der Waals surface area contributed by atoms with Crippen molar-refractivity contribution in [2.24, 2.45) is 0 Å². The van der Waals surface area contributed by atoms with Crippen LogP contribution in [0.5, 0.6) is 0 Å². The molecule has 0 saturated heterocycles. The summed E-state index contributed by atoms with van der Waals surface area (Å²) in [6.07, 6.45) is 0. The summed E-state index contributed by atoms with van der Waals surface area (Å²) in [6, 6.07) is 8.63. The molecular weight excluding hydrogens is 346 g/mol. The number of hydrogen-bond acceptors (Lipinski definition) is 5. The fourth-order valence-electron chi connectivity index (χ4n) is 3.06. The first-order valence-electron chi connectivity index (χ1n) is 8.64. The molecule has 0 aliphatic rings. The summed E-state index contributed by atoms with van der Waals surface area (Å²) in [4.78, 5) is 36.5. The number of para-hydroxylation sites is 2. The first-order valence-corrected chi connectivity index (χ1v) is 8.64. The smallest absolute Gasteiger partial charge is 0.420 e. The number of hydrogen-bond donors (Lipinski definition) is 0. The molecule has 6 heteroatoms. The summed E-state index contributed by atoms with van der Waals surface area (Å²) in [7, 11) is 0. The number of carbonyl (C=O) groups excluding carboxylic acids is 2. The number of rotatable bonds is 5. The third-order valence-corrected chi connectivity index (χ3v) is 5.01. The number of Topliss-reactive ketones (excluding diaryl/α,β-unsaturated/α-hetero) is 1. The number of aromatic nitrogens is 1. The Morgan fingerprint density at radius 3 is 2.48 bits per heavy atom. The predicted octanol–water partition coefficient (Wildman–Crippen LogP) is 3.25. The summed E-state index contributed by atoms with van der Waals surface area (Å²) < 4.78 is 11.4. The Bertz CT molecular complexity index is 1100. The molecule has 3 rings (SSSR count). The standard InChI is InChI=1S/C21H21NO5/c1-12-9-16(15(4)14(3)13(12)2)18(23)11-26-20(24)10-22-17-7-5-6-8-19(17)27-21(22)25/h5-9H,10-11H2,1-4H3. The van der Waals surface area contributed by atoms with Gasteiger partial charge in [0.25, 0.3) is 0 Å². The number of carbonyl (C=O) groups is 2. The number of benzene rings is 2. The third kappa shape index (κ3) is 3.56. The lowest BCUT2D eigenvalue weighted by atomic mass is 9.93. The van der Waals surface area contributed by atoms with Crippen LogP contribution < -0.4 is 5.76 Å². The van der Waals surface area contributed by atoms with E-state index < -0.39 is 11.7 Å². The Balaban J connectivity index is 1.72. The van der Waals surface area contributed by atoms with Crippen LogP contribution in [0.4, 0.5) is 0 Å². The monoisotopic (exact) mass is 367 g/mol. The van der Waals surface area contributed by atoms with Crippen molar-refractivity contribution in [3.63, 3.8) is 0 Å². The molecule has 0 fully saturated rings. The van der Waals surface area contributed by atoms with E-state index in [0.29, 0.717) is 16.7 Å². The van der Waals surface area contributed by atoms with Gasteiger partial charge in [-0.15, -0.1) is 0 Å². The fourth-order valence-corrected chi connectivity index (χ4v) is 3.06. The largest absolute Gasteiger partial charge is 0.456 e. The Morgan fingerprint density at radius 1 is 1.04 bits per heavy atom. The van der Waals surface area contributed by atoms with Crippen LogP contribution in [0.3, 0.4) is 0 Å². The highest BCUT2D eigenvalue weighted by Gasteiger charge is 2.17. The lowest BCUT2D eigenvalue weighted by molar-refractivity contribution is -0.143. The number of esters is 1. The van der Waals surface area contributed by atoms with Crippen LogP contribution in [0, 0.1) is 27.7 Å². The Labute approximate surface area is 156 Å². The fraction of sp³-hybridized carbons (Fsp3) is 0.286. The van der Waals surface area contributed by atoms with Crippen LogP contribution in [0.2, 0.25) is 0 Å². The number of ketones is 1. The molecule has 140 valence electrons. The predicted molar refractivity (Wildman–Crippen MR) is 101 cm³/mol. The van der Waals surface area contributed by atoms with E-state index in [2.05, 4.69) is 0 Å². The van der Waals surface area contributed by atoms with E-state index >= 15 is 0 Å². The molecule has 0 amide bonds. The van der Waals surface area contributed by atoms with Crippen molar-refractivity contribution in [1.82, 2.24) is 4.57 Å². The van der Waals surface area contributed by atoms with Crippen LogP contribution in [0.15, 0.2) is 39.5 Å². The van der Waals surface area contributed by atoms with Crippen molar-refractivity contribution in [2.75, 3.05) is 6.61 Å². The highest BCUT2D eigenvalue weighted by Crippen LogP contribution is 2.21. The molecule has 3 aromatic rings. The van der Waals surface area contributed by atoms with Crippen molar-refractivity contribution < 1.29 is 18.7 Å². The average Bonchev–Trinajstić information content (AvgIpc) is 2.96. The van der Waals surface area contributed by atoms with Gasteiger partial charge in [-0.1, -0.05) is 12.1 Å². The van der Waals surface area contributed by atoms with Crippen LogP contribution in [0.25, 0.3) is 11.1 Å². The highest BCUT2D eigenvalue weighted by molar-refractivity contribution is 5.99. The van der Waals surface area contributed by atoms with Gasteiger partial charge in [0.1, 0.15) is 6.54 Å². The summed E-state index contributed by atoms with van der Waals surface area (Å²) in [6.45, 7) is 7.13. The van der Waals surface area contributed by atoms with Crippen molar-refractivity contribution in [3.8, 4) is 0 Å². The Kier molecular flexibility index (Phi) is 4.99. The lowest BCUT2D eigenvalue weighted by Crippen LogP contribution is -2.24. The minimum Gasteiger partial charge on any atom is -0.456 e. The van der Waals surface area contributed by atoms with Crippen molar-refractivity contribution in [1.29, 1.82) is 0 Å². The quantitative estimate of drug-likeness (QED) is 0.511. The number of ether oxygens (including phenoxy) is 1. The van der Waals surface area contributed by atoms with Gasteiger partial charge in [0, 0.05) is 5.56 Å². The minimum absolute atomic E-state index is 0.267. The molecule has 0 atom stereocenters. The number of nitrogens with zero attached hydrogens (tertiary/aromatic N) is 1. The van der Waals surface area contributed by atoms with Gasteiger partial charge >= 0.3 is 11.7 Å². The lowest BCUT2D eigenvalue weighted by Gasteiger charge is -2.13. The van der Waals surface area contributed by atoms with Gasteiger partial charge in [-0.3, -0.25) is 14.2 Å². The first kappa shape index (κ1) is 18.6. The van der Waals surface area contributed by atoms with E-state index in [9.17, 15) is 14.4 Å². The number of aryl methyl sites for hydroxylation is 1. The molecule has 0 aliphatic carbocycles. The summed E-state index contributed by atoms with van der Waals surface area (Å²) in [5.41, 5.74) is 5.56. The molecule has 0 saturated carbocycles. The maximum absolute atomic E-state index is 12.5. The topological polar surface area (TPSA) is 78.5 Å². The summed E-state index contributed by atoms with van der Waals surface area (Å²) >= 11 is 0. The maximum Gasteiger partial charge on any atom is 0.420 e. The van der Waals surface area contributed by atoms with Gasteiger partial charge in [0.15, 0.2) is 12.2 Å². The second-order valence-electron chi connectivity index (χ2n) is 6.62. The van der Waals surface area contributed by atoms with Crippen molar-refractivity contribution in [2.45, 2.75) is 34.2 Å². The number of fused-ring (bicyclic) bond motifs is 1. The van der Waals surface area contributed by atoms with E-state index in [4.69, 9.17) is 9.15 Å². The third-order valence-electron chi connectivity index (χ3n) is 5.01. The molecule has 2 aromatic carbocycles. The molecule has 27 heavy (non-hydrogen) atoms. The van der Waals surface area contributed by atoms with Gasteiger partial charge in [0.2, 0.25) is 5.78 Å². The molecule has 0 radical (unpaired) electrons. The molecule has 1 aromatic heterocycles. The van der Waals surface area contributed by atoms with E-state index in [1.165, 1.54) is 4.57 Å². The SMILES string of the molecule is Cc1cc(C(=O)COC(=O)Cn2c(=O)oc3ccccc32)c(C)c(C)c1C. The number of oxazole rings is 1. The van der Waals surface area contributed by atoms with E-state index in [1.54, 1.807) is 24.3 Å². The van der Waals surface area contributed by atoms with Crippen molar-refractivity contribution in [3.05, 3.63) is 68.7 Å². The Hall–Kier alpha value is -3.15. The molecule has 0 aliphatic heterocycles. The molecule has 0 bridgehead atoms. The summed E-state index contributed by atoms with van der Waals surface area (Å²) in [5.74, 6) is -1.58. The normalized spacial score (nSPS) is 11.0. The molecular formula is C21H21NO5. The average molecular weight is 367 g/mol. The zero-order valence-electron chi connectivity index (χ0n) is 15.8. The maximum atomic E-state index is 12.5. The van der Waals surface area contributed by atoms with Gasteiger partial charge in [-0.05, 0) is 68.1 Å². The first-order chi connectivity index (χ1) is 12.8. The van der Waals surface area contributed by atoms with Gasteiger partial charge < -0.3 is 9.15 Å². The molecule has 0 unspecified atom stereocenters. The van der Waals surface area contributed by atoms with Crippen LogP contribution in [-0.2, 0) is 16.1 Å². The molecule has 1 heterocycles. The van der Waals surface area contributed by atoms with E-state index in [-0.39, 0.29) is 18.9 Å². The molecule has 0 spiro atoms. The van der Waals surface area contributed by atoms with Crippen LogP contribution in [0.1, 0.15) is 32.6 Å². The zero-order valence-corrected chi connectivity index (χ0v) is 15.8. The second-order valence-corrected chi connectivity index (χ2v) is 6.62. The van der Waals surface area contributed by atoms with Crippen molar-refractivity contribution >= 4 is 22.9 Å².